The van der Waals surface area contributed by atoms with Gasteiger partial charge in [0.05, 0.1) is 32.8 Å². The van der Waals surface area contributed by atoms with Crippen LogP contribution in [0.15, 0.2) is 30.3 Å². The van der Waals surface area contributed by atoms with E-state index in [0.29, 0.717) is 38.8 Å². The summed E-state index contributed by atoms with van der Waals surface area (Å²) in [5.74, 6) is 0.171. The van der Waals surface area contributed by atoms with E-state index in [0.717, 1.165) is 25.3 Å². The van der Waals surface area contributed by atoms with Gasteiger partial charge in [0.2, 0.25) is 5.91 Å². The number of carbonyl (C=O) groups excluding carboxylic acids is 1. The SMILES string of the molecule is CC(C)N1CCOCC2(CN(C(=O)Cc3ccccc3)CCO2)C1. The van der Waals surface area contributed by atoms with Crippen LogP contribution in [-0.2, 0) is 20.7 Å². The molecule has 1 aromatic rings. The van der Waals surface area contributed by atoms with Crippen molar-refractivity contribution in [3.8, 4) is 0 Å². The second-order valence-corrected chi connectivity index (χ2v) is 7.13. The van der Waals surface area contributed by atoms with Gasteiger partial charge in [-0.2, -0.15) is 0 Å². The van der Waals surface area contributed by atoms with Gasteiger partial charge in [-0.25, -0.2) is 0 Å². The molecule has 0 saturated carbocycles. The van der Waals surface area contributed by atoms with Crippen molar-refractivity contribution in [2.75, 3.05) is 46.0 Å². The molecular formula is C19H28N2O3. The molecule has 2 aliphatic heterocycles. The molecule has 1 aromatic carbocycles. The Bertz CT molecular complexity index is 549. The zero-order valence-electron chi connectivity index (χ0n) is 14.7. The van der Waals surface area contributed by atoms with E-state index >= 15 is 0 Å². The van der Waals surface area contributed by atoms with E-state index in [9.17, 15) is 4.79 Å². The van der Waals surface area contributed by atoms with Gasteiger partial charge in [0.25, 0.3) is 0 Å². The highest BCUT2D eigenvalue weighted by atomic mass is 16.5. The van der Waals surface area contributed by atoms with Crippen molar-refractivity contribution in [2.24, 2.45) is 0 Å². The molecule has 3 rings (SSSR count). The van der Waals surface area contributed by atoms with Crippen molar-refractivity contribution in [1.82, 2.24) is 9.80 Å². The minimum Gasteiger partial charge on any atom is -0.377 e. The second-order valence-electron chi connectivity index (χ2n) is 7.13. The van der Waals surface area contributed by atoms with Gasteiger partial charge in [-0.1, -0.05) is 30.3 Å². The van der Waals surface area contributed by atoms with Crippen LogP contribution in [0.1, 0.15) is 19.4 Å². The Morgan fingerprint density at radius 3 is 2.71 bits per heavy atom. The lowest BCUT2D eigenvalue weighted by atomic mass is 10.0. The van der Waals surface area contributed by atoms with Crippen LogP contribution >= 0.6 is 0 Å². The van der Waals surface area contributed by atoms with Gasteiger partial charge < -0.3 is 14.4 Å². The van der Waals surface area contributed by atoms with E-state index in [1.807, 2.05) is 35.2 Å². The molecule has 0 aliphatic carbocycles. The van der Waals surface area contributed by atoms with Gasteiger partial charge in [-0.05, 0) is 19.4 Å². The molecular weight excluding hydrogens is 304 g/mol. The van der Waals surface area contributed by atoms with Crippen LogP contribution in [0.5, 0.6) is 0 Å². The molecule has 2 saturated heterocycles. The summed E-state index contributed by atoms with van der Waals surface area (Å²) in [5.41, 5.74) is 0.662. The number of morpholine rings is 1. The number of hydrogen-bond acceptors (Lipinski definition) is 4. The lowest BCUT2D eigenvalue weighted by Gasteiger charge is -2.44. The maximum absolute atomic E-state index is 12.7. The number of benzene rings is 1. The molecule has 1 atom stereocenters. The summed E-state index contributed by atoms with van der Waals surface area (Å²) in [5, 5.41) is 0. The van der Waals surface area contributed by atoms with E-state index in [1.54, 1.807) is 0 Å². The molecule has 5 heteroatoms. The zero-order chi connectivity index (χ0) is 17.0. The maximum atomic E-state index is 12.7. The van der Waals surface area contributed by atoms with E-state index in [1.165, 1.54) is 0 Å². The minimum absolute atomic E-state index is 0.171. The number of amides is 1. The van der Waals surface area contributed by atoms with E-state index < -0.39 is 5.60 Å². The van der Waals surface area contributed by atoms with Crippen LogP contribution in [0.4, 0.5) is 0 Å². The quantitative estimate of drug-likeness (QED) is 0.843. The molecule has 5 nitrogen and oxygen atoms in total. The van der Waals surface area contributed by atoms with Crippen molar-refractivity contribution >= 4 is 5.91 Å². The third-order valence-corrected chi connectivity index (χ3v) is 4.91. The van der Waals surface area contributed by atoms with Crippen molar-refractivity contribution in [3.63, 3.8) is 0 Å². The van der Waals surface area contributed by atoms with Gasteiger partial charge in [0.15, 0.2) is 0 Å². The first kappa shape index (κ1) is 17.4. The topological polar surface area (TPSA) is 42.0 Å². The predicted molar refractivity (Wildman–Crippen MR) is 92.9 cm³/mol. The first-order valence-electron chi connectivity index (χ1n) is 8.85. The Morgan fingerprint density at radius 2 is 1.96 bits per heavy atom. The first-order chi connectivity index (χ1) is 11.6. The average Bonchev–Trinajstić information content (AvgIpc) is 2.79. The molecule has 0 N–H and O–H groups in total. The normalized spacial score (nSPS) is 25.9. The Hall–Kier alpha value is -1.43. The second kappa shape index (κ2) is 7.64. The first-order valence-corrected chi connectivity index (χ1v) is 8.85. The molecule has 2 aliphatic rings. The van der Waals surface area contributed by atoms with Crippen LogP contribution in [0, 0.1) is 0 Å². The van der Waals surface area contributed by atoms with Crippen molar-refractivity contribution < 1.29 is 14.3 Å². The monoisotopic (exact) mass is 332 g/mol. The zero-order valence-corrected chi connectivity index (χ0v) is 14.7. The smallest absolute Gasteiger partial charge is 0.227 e. The summed E-state index contributed by atoms with van der Waals surface area (Å²) in [6, 6.07) is 10.4. The molecule has 1 spiro atoms. The number of nitrogens with zero attached hydrogens (tertiary/aromatic N) is 2. The van der Waals surface area contributed by atoms with Crippen LogP contribution in [0.2, 0.25) is 0 Å². The fourth-order valence-electron chi connectivity index (χ4n) is 3.50. The fourth-order valence-corrected chi connectivity index (χ4v) is 3.50. The number of rotatable bonds is 3. The summed E-state index contributed by atoms with van der Waals surface area (Å²) in [6.07, 6.45) is 0.450. The average molecular weight is 332 g/mol. The standard InChI is InChI=1S/C19H28N2O3/c1-16(2)20-8-10-23-15-19(13-20)14-21(9-11-24-19)18(22)12-17-6-4-3-5-7-17/h3-7,16H,8-15H2,1-2H3. The highest BCUT2D eigenvalue weighted by molar-refractivity contribution is 5.79. The van der Waals surface area contributed by atoms with E-state index in [2.05, 4.69) is 18.7 Å². The summed E-state index contributed by atoms with van der Waals surface area (Å²) in [4.78, 5) is 17.0. The minimum atomic E-state index is -0.397. The van der Waals surface area contributed by atoms with E-state index in [4.69, 9.17) is 9.47 Å². The van der Waals surface area contributed by atoms with Gasteiger partial charge in [0, 0.05) is 25.7 Å². The third kappa shape index (κ3) is 4.15. The third-order valence-electron chi connectivity index (χ3n) is 4.91. The summed E-state index contributed by atoms with van der Waals surface area (Å²) in [6.45, 7) is 9.26. The lowest BCUT2D eigenvalue weighted by molar-refractivity contribution is -0.161. The highest BCUT2D eigenvalue weighted by Crippen LogP contribution is 2.24. The highest BCUT2D eigenvalue weighted by Gasteiger charge is 2.41. The molecule has 1 amide bonds. The van der Waals surface area contributed by atoms with Crippen molar-refractivity contribution in [2.45, 2.75) is 31.9 Å². The molecule has 24 heavy (non-hydrogen) atoms. The van der Waals surface area contributed by atoms with Crippen molar-refractivity contribution in [3.05, 3.63) is 35.9 Å². The van der Waals surface area contributed by atoms with E-state index in [-0.39, 0.29) is 5.91 Å². The predicted octanol–water partition coefficient (Wildman–Crippen LogP) is 1.57. The van der Waals surface area contributed by atoms with Gasteiger partial charge in [-0.15, -0.1) is 0 Å². The molecule has 1 unspecified atom stereocenters. The number of ether oxygens (including phenoxy) is 2. The summed E-state index contributed by atoms with van der Waals surface area (Å²) < 4.78 is 11.9. The molecule has 2 heterocycles. The molecule has 132 valence electrons. The summed E-state index contributed by atoms with van der Waals surface area (Å²) in [7, 11) is 0. The van der Waals surface area contributed by atoms with Crippen LogP contribution in [0.25, 0.3) is 0 Å². The summed E-state index contributed by atoms with van der Waals surface area (Å²) >= 11 is 0. The Labute approximate surface area is 144 Å². The van der Waals surface area contributed by atoms with Crippen LogP contribution in [-0.4, -0.2) is 73.3 Å². The molecule has 0 radical (unpaired) electrons. The fraction of sp³-hybridized carbons (Fsp3) is 0.632. The maximum Gasteiger partial charge on any atom is 0.227 e. The van der Waals surface area contributed by atoms with Crippen molar-refractivity contribution in [1.29, 1.82) is 0 Å². The number of carbonyl (C=O) groups is 1. The molecule has 0 aromatic heterocycles. The van der Waals surface area contributed by atoms with Gasteiger partial charge >= 0.3 is 0 Å². The van der Waals surface area contributed by atoms with Gasteiger partial charge in [-0.3, -0.25) is 9.69 Å². The number of hydrogen-bond donors (Lipinski definition) is 0. The largest absolute Gasteiger partial charge is 0.377 e. The molecule has 0 bridgehead atoms. The Kier molecular flexibility index (Phi) is 5.54. The molecule has 2 fully saturated rings. The van der Waals surface area contributed by atoms with Crippen LogP contribution in [0.3, 0.4) is 0 Å². The Balaban J connectivity index is 1.67. The van der Waals surface area contributed by atoms with Crippen LogP contribution < -0.4 is 0 Å². The van der Waals surface area contributed by atoms with Gasteiger partial charge in [0.1, 0.15) is 5.60 Å². The lowest BCUT2D eigenvalue weighted by Crippen LogP contribution is -2.60. The Morgan fingerprint density at radius 1 is 1.17 bits per heavy atom.